The lowest BCUT2D eigenvalue weighted by Crippen LogP contribution is -2.34. The first-order chi connectivity index (χ1) is 9.05. The summed E-state index contributed by atoms with van der Waals surface area (Å²) in [5.74, 6) is 2.14. The second kappa shape index (κ2) is 6.01. The SMILES string of the molecule is COC1(c2noc(CCC(C)N)n2)CCC(C)CC1. The van der Waals surface area contributed by atoms with E-state index in [1.165, 1.54) is 0 Å². The molecule has 1 fully saturated rings. The van der Waals surface area contributed by atoms with Gasteiger partial charge in [0.15, 0.2) is 0 Å². The smallest absolute Gasteiger partial charge is 0.226 e. The summed E-state index contributed by atoms with van der Waals surface area (Å²) in [6.45, 7) is 4.26. The van der Waals surface area contributed by atoms with Crippen molar-refractivity contribution in [1.82, 2.24) is 10.1 Å². The highest BCUT2D eigenvalue weighted by Crippen LogP contribution is 2.40. The zero-order valence-corrected chi connectivity index (χ0v) is 12.2. The molecule has 0 aliphatic heterocycles. The van der Waals surface area contributed by atoms with Crippen LogP contribution in [-0.2, 0) is 16.8 Å². The van der Waals surface area contributed by atoms with Gasteiger partial charge in [0, 0.05) is 19.6 Å². The molecule has 2 N–H and O–H groups in total. The van der Waals surface area contributed by atoms with Crippen molar-refractivity contribution in [1.29, 1.82) is 0 Å². The van der Waals surface area contributed by atoms with E-state index >= 15 is 0 Å². The molecule has 0 radical (unpaired) electrons. The molecule has 1 aromatic heterocycles. The van der Waals surface area contributed by atoms with Gasteiger partial charge in [-0.25, -0.2) is 0 Å². The molecule has 19 heavy (non-hydrogen) atoms. The second-order valence-electron chi connectivity index (χ2n) is 5.91. The van der Waals surface area contributed by atoms with Gasteiger partial charge in [0.1, 0.15) is 5.60 Å². The minimum atomic E-state index is -0.345. The summed E-state index contributed by atoms with van der Waals surface area (Å²) >= 11 is 0. The Balaban J connectivity index is 2.07. The van der Waals surface area contributed by atoms with Gasteiger partial charge in [-0.15, -0.1) is 0 Å². The summed E-state index contributed by atoms with van der Waals surface area (Å²) in [7, 11) is 1.74. The molecule has 1 unspecified atom stereocenters. The molecule has 0 saturated heterocycles. The topological polar surface area (TPSA) is 74.2 Å². The third kappa shape index (κ3) is 3.34. The number of methoxy groups -OCH3 is 1. The van der Waals surface area contributed by atoms with E-state index < -0.39 is 0 Å². The summed E-state index contributed by atoms with van der Waals surface area (Å²) in [4.78, 5) is 4.52. The van der Waals surface area contributed by atoms with E-state index in [0.717, 1.165) is 44.4 Å². The first kappa shape index (κ1) is 14.5. The number of hydrogen-bond donors (Lipinski definition) is 1. The van der Waals surface area contributed by atoms with Crippen LogP contribution >= 0.6 is 0 Å². The molecule has 5 nitrogen and oxygen atoms in total. The molecule has 0 spiro atoms. The highest BCUT2D eigenvalue weighted by molar-refractivity contribution is 5.04. The fourth-order valence-electron chi connectivity index (χ4n) is 2.64. The number of aromatic nitrogens is 2. The largest absolute Gasteiger partial charge is 0.370 e. The first-order valence-electron chi connectivity index (χ1n) is 7.19. The predicted molar refractivity (Wildman–Crippen MR) is 72.6 cm³/mol. The number of aryl methyl sites for hydroxylation is 1. The third-order valence-electron chi connectivity index (χ3n) is 4.16. The zero-order valence-electron chi connectivity index (χ0n) is 12.2. The summed E-state index contributed by atoms with van der Waals surface area (Å²) in [6, 6.07) is 0.155. The number of nitrogens with two attached hydrogens (primary N) is 1. The van der Waals surface area contributed by atoms with E-state index in [2.05, 4.69) is 17.1 Å². The third-order valence-corrected chi connectivity index (χ3v) is 4.16. The molecule has 1 saturated carbocycles. The van der Waals surface area contributed by atoms with Gasteiger partial charge < -0.3 is 15.0 Å². The van der Waals surface area contributed by atoms with Crippen LogP contribution in [0.2, 0.25) is 0 Å². The molecule has 1 aliphatic carbocycles. The van der Waals surface area contributed by atoms with Crippen molar-refractivity contribution < 1.29 is 9.26 Å². The van der Waals surface area contributed by atoms with E-state index in [9.17, 15) is 0 Å². The summed E-state index contributed by atoms with van der Waals surface area (Å²) in [5, 5.41) is 4.13. The summed E-state index contributed by atoms with van der Waals surface area (Å²) < 4.78 is 11.1. The van der Waals surface area contributed by atoms with Crippen LogP contribution in [0.1, 0.15) is 57.7 Å². The van der Waals surface area contributed by atoms with Crippen molar-refractivity contribution in [3.8, 4) is 0 Å². The Hall–Kier alpha value is -0.940. The van der Waals surface area contributed by atoms with Crippen LogP contribution in [-0.4, -0.2) is 23.3 Å². The van der Waals surface area contributed by atoms with Crippen LogP contribution < -0.4 is 5.73 Å². The van der Waals surface area contributed by atoms with Crippen LogP contribution in [0.3, 0.4) is 0 Å². The molecule has 2 rings (SSSR count). The molecule has 1 aromatic rings. The van der Waals surface area contributed by atoms with Gasteiger partial charge in [-0.1, -0.05) is 12.1 Å². The van der Waals surface area contributed by atoms with Crippen molar-refractivity contribution in [3.05, 3.63) is 11.7 Å². The lowest BCUT2D eigenvalue weighted by atomic mass is 9.79. The molecule has 5 heteroatoms. The Morgan fingerprint density at radius 3 is 2.74 bits per heavy atom. The molecule has 1 aliphatic rings. The molecule has 0 bridgehead atoms. The minimum absolute atomic E-state index is 0.155. The average molecular weight is 267 g/mol. The molecular weight excluding hydrogens is 242 g/mol. The second-order valence-corrected chi connectivity index (χ2v) is 5.91. The molecular formula is C14H25N3O2. The Bertz CT molecular complexity index is 395. The van der Waals surface area contributed by atoms with Gasteiger partial charge in [0.25, 0.3) is 0 Å². The van der Waals surface area contributed by atoms with Gasteiger partial charge >= 0.3 is 0 Å². The van der Waals surface area contributed by atoms with Gasteiger partial charge in [0.2, 0.25) is 11.7 Å². The number of rotatable bonds is 5. The van der Waals surface area contributed by atoms with Gasteiger partial charge in [-0.05, 0) is 44.9 Å². The number of hydrogen-bond acceptors (Lipinski definition) is 5. The van der Waals surface area contributed by atoms with E-state index in [1.54, 1.807) is 7.11 Å². The fraction of sp³-hybridized carbons (Fsp3) is 0.857. The first-order valence-corrected chi connectivity index (χ1v) is 7.19. The van der Waals surface area contributed by atoms with Gasteiger partial charge in [-0.3, -0.25) is 0 Å². The lowest BCUT2D eigenvalue weighted by Gasteiger charge is -2.35. The standard InChI is InChI=1S/C14H25N3O2/c1-10-6-8-14(18-3,9-7-10)13-16-12(19-17-13)5-4-11(2)15/h10-11H,4-9,15H2,1-3H3. The maximum atomic E-state index is 5.74. The van der Waals surface area contributed by atoms with Crippen LogP contribution in [0, 0.1) is 5.92 Å². The van der Waals surface area contributed by atoms with Crippen molar-refractivity contribution in [3.63, 3.8) is 0 Å². The van der Waals surface area contributed by atoms with Crippen molar-refractivity contribution in [2.45, 2.75) is 64.0 Å². The van der Waals surface area contributed by atoms with Crippen LogP contribution in [0.4, 0.5) is 0 Å². The highest BCUT2D eigenvalue weighted by Gasteiger charge is 2.40. The highest BCUT2D eigenvalue weighted by atomic mass is 16.5. The summed E-state index contributed by atoms with van der Waals surface area (Å²) in [5.41, 5.74) is 5.40. The molecule has 0 aromatic carbocycles. The Labute approximate surface area is 114 Å². The average Bonchev–Trinajstić information content (AvgIpc) is 2.87. The quantitative estimate of drug-likeness (QED) is 0.886. The van der Waals surface area contributed by atoms with E-state index in [4.69, 9.17) is 15.0 Å². The lowest BCUT2D eigenvalue weighted by molar-refractivity contribution is -0.0609. The minimum Gasteiger partial charge on any atom is -0.370 e. The molecule has 108 valence electrons. The molecule has 1 heterocycles. The molecule has 0 amide bonds. The monoisotopic (exact) mass is 267 g/mol. The van der Waals surface area contributed by atoms with Crippen LogP contribution in [0.15, 0.2) is 4.52 Å². The Kier molecular flexibility index (Phi) is 4.58. The van der Waals surface area contributed by atoms with Crippen molar-refractivity contribution in [2.24, 2.45) is 11.7 Å². The van der Waals surface area contributed by atoms with E-state index in [1.807, 2.05) is 6.92 Å². The number of nitrogens with zero attached hydrogens (tertiary/aromatic N) is 2. The van der Waals surface area contributed by atoms with E-state index in [-0.39, 0.29) is 11.6 Å². The Morgan fingerprint density at radius 2 is 2.16 bits per heavy atom. The van der Waals surface area contributed by atoms with Gasteiger partial charge in [-0.2, -0.15) is 4.98 Å². The normalized spacial score (nSPS) is 29.4. The number of ether oxygens (including phenoxy) is 1. The van der Waals surface area contributed by atoms with Crippen LogP contribution in [0.5, 0.6) is 0 Å². The fourth-order valence-corrected chi connectivity index (χ4v) is 2.64. The molecule has 1 atom stereocenters. The van der Waals surface area contributed by atoms with Crippen LogP contribution in [0.25, 0.3) is 0 Å². The summed E-state index contributed by atoms with van der Waals surface area (Å²) in [6.07, 6.45) is 5.84. The van der Waals surface area contributed by atoms with Gasteiger partial charge in [0.05, 0.1) is 0 Å². The maximum absolute atomic E-state index is 5.74. The maximum Gasteiger partial charge on any atom is 0.226 e. The van der Waals surface area contributed by atoms with Crippen molar-refractivity contribution in [2.75, 3.05) is 7.11 Å². The van der Waals surface area contributed by atoms with E-state index in [0.29, 0.717) is 11.7 Å². The van der Waals surface area contributed by atoms with Crippen molar-refractivity contribution >= 4 is 0 Å². The zero-order chi connectivity index (χ0) is 13.9. The predicted octanol–water partition coefficient (Wildman–Crippen LogP) is 2.40. The Morgan fingerprint density at radius 1 is 1.47 bits per heavy atom.